The first-order valence-corrected chi connectivity index (χ1v) is 7.36. The van der Waals surface area contributed by atoms with Gasteiger partial charge in [0.1, 0.15) is 5.65 Å². The molecule has 0 radical (unpaired) electrons. The Kier molecular flexibility index (Phi) is 2.92. The van der Waals surface area contributed by atoms with Gasteiger partial charge in [-0.2, -0.15) is 0 Å². The third kappa shape index (κ3) is 2.29. The number of rotatable bonds is 2. The average molecular weight is 388 g/mol. The highest BCUT2D eigenvalue weighted by atomic mass is 127. The van der Waals surface area contributed by atoms with Gasteiger partial charge in [0.15, 0.2) is 5.82 Å². The summed E-state index contributed by atoms with van der Waals surface area (Å²) in [7, 11) is 0. The molecule has 0 fully saturated rings. The molecule has 0 spiro atoms. The van der Waals surface area contributed by atoms with E-state index in [1.807, 2.05) is 47.0 Å². The Labute approximate surface area is 133 Å². The van der Waals surface area contributed by atoms with Gasteiger partial charge in [-0.15, -0.1) is 5.10 Å². The van der Waals surface area contributed by atoms with Crippen molar-refractivity contribution in [2.75, 3.05) is 0 Å². The van der Waals surface area contributed by atoms with E-state index in [1.54, 1.807) is 0 Å². The first kappa shape index (κ1) is 12.5. The number of aromatic amines is 1. The first-order valence-electron chi connectivity index (χ1n) is 6.28. The Balaban J connectivity index is 1.74. The van der Waals surface area contributed by atoms with Crippen LogP contribution < -0.4 is 0 Å². The van der Waals surface area contributed by atoms with Crippen LogP contribution in [0.1, 0.15) is 0 Å². The number of aromatic nitrogens is 6. The Bertz CT molecular complexity index is 895. The van der Waals surface area contributed by atoms with Crippen molar-refractivity contribution in [3.05, 3.63) is 52.4 Å². The lowest BCUT2D eigenvalue weighted by Crippen LogP contribution is -1.82. The van der Waals surface area contributed by atoms with Gasteiger partial charge in [-0.25, -0.2) is 10.1 Å². The minimum Gasteiger partial charge on any atom is -0.305 e. The van der Waals surface area contributed by atoms with Gasteiger partial charge in [0.25, 0.3) is 0 Å². The molecule has 102 valence electrons. The molecule has 7 heteroatoms. The van der Waals surface area contributed by atoms with E-state index in [9.17, 15) is 0 Å². The van der Waals surface area contributed by atoms with E-state index in [1.165, 1.54) is 3.57 Å². The molecule has 0 atom stereocenters. The van der Waals surface area contributed by atoms with E-state index in [2.05, 4.69) is 54.4 Å². The summed E-state index contributed by atoms with van der Waals surface area (Å²) < 4.78 is 3.21. The molecule has 0 amide bonds. The standard InChI is InChI=1S/C14H9IN6/c15-11-5-6-13-16-12(8-21(13)7-11)9-1-3-10(4-2-9)14-17-19-20-18-14/h1-8H,(H,17,18,19,20). The number of nitrogens with one attached hydrogen (secondary N) is 1. The van der Waals surface area contributed by atoms with Gasteiger partial charge in [0.05, 0.1) is 5.69 Å². The third-order valence-corrected chi connectivity index (χ3v) is 3.85. The monoisotopic (exact) mass is 388 g/mol. The van der Waals surface area contributed by atoms with E-state index >= 15 is 0 Å². The summed E-state index contributed by atoms with van der Waals surface area (Å²) in [5.74, 6) is 0.658. The molecular weight excluding hydrogens is 379 g/mol. The molecule has 21 heavy (non-hydrogen) atoms. The van der Waals surface area contributed by atoms with Crippen LogP contribution in [-0.2, 0) is 0 Å². The van der Waals surface area contributed by atoms with Crippen LogP contribution in [0.15, 0.2) is 48.8 Å². The summed E-state index contributed by atoms with van der Waals surface area (Å²) in [6.45, 7) is 0. The number of tetrazole rings is 1. The van der Waals surface area contributed by atoms with Gasteiger partial charge in [0, 0.05) is 27.1 Å². The summed E-state index contributed by atoms with van der Waals surface area (Å²) in [6.07, 6.45) is 4.09. The number of H-pyrrole nitrogens is 1. The van der Waals surface area contributed by atoms with Crippen LogP contribution in [0, 0.1) is 3.57 Å². The van der Waals surface area contributed by atoms with Crippen molar-refractivity contribution < 1.29 is 0 Å². The second-order valence-corrected chi connectivity index (χ2v) is 5.81. The van der Waals surface area contributed by atoms with Gasteiger partial charge < -0.3 is 4.40 Å². The number of nitrogens with zero attached hydrogens (tertiary/aromatic N) is 5. The highest BCUT2D eigenvalue weighted by molar-refractivity contribution is 14.1. The molecule has 0 bridgehead atoms. The number of halogens is 1. The zero-order valence-electron chi connectivity index (χ0n) is 10.7. The summed E-state index contributed by atoms with van der Waals surface area (Å²) in [4.78, 5) is 4.63. The Morgan fingerprint density at radius 1 is 0.952 bits per heavy atom. The minimum atomic E-state index is 0.658. The Hall–Kier alpha value is -2.29. The zero-order chi connectivity index (χ0) is 14.2. The molecule has 6 nitrogen and oxygen atoms in total. The third-order valence-electron chi connectivity index (χ3n) is 3.21. The maximum atomic E-state index is 4.63. The molecule has 4 aromatic rings. The van der Waals surface area contributed by atoms with Crippen molar-refractivity contribution in [3.8, 4) is 22.6 Å². The van der Waals surface area contributed by atoms with Gasteiger partial charge in [-0.1, -0.05) is 24.3 Å². The van der Waals surface area contributed by atoms with Crippen LogP contribution in [0.25, 0.3) is 28.3 Å². The molecule has 4 rings (SSSR count). The average Bonchev–Trinajstić information content (AvgIpc) is 3.16. The van der Waals surface area contributed by atoms with Gasteiger partial charge in [0.2, 0.25) is 0 Å². The van der Waals surface area contributed by atoms with Crippen molar-refractivity contribution in [1.29, 1.82) is 0 Å². The van der Waals surface area contributed by atoms with Crippen LogP contribution in [0.3, 0.4) is 0 Å². The second-order valence-electron chi connectivity index (χ2n) is 4.57. The first-order chi connectivity index (χ1) is 10.3. The molecule has 1 aromatic carbocycles. The molecular formula is C14H9IN6. The smallest absolute Gasteiger partial charge is 0.179 e. The van der Waals surface area contributed by atoms with Crippen LogP contribution in [0.2, 0.25) is 0 Å². The zero-order valence-corrected chi connectivity index (χ0v) is 12.9. The van der Waals surface area contributed by atoms with Gasteiger partial charge >= 0.3 is 0 Å². The second kappa shape index (κ2) is 4.92. The Morgan fingerprint density at radius 2 is 1.76 bits per heavy atom. The summed E-state index contributed by atoms with van der Waals surface area (Å²) in [5, 5.41) is 13.8. The van der Waals surface area contributed by atoms with E-state index in [-0.39, 0.29) is 0 Å². The number of benzene rings is 1. The highest BCUT2D eigenvalue weighted by Gasteiger charge is 2.06. The summed E-state index contributed by atoms with van der Waals surface area (Å²) in [6, 6.07) is 12.1. The van der Waals surface area contributed by atoms with Crippen molar-refractivity contribution in [2.45, 2.75) is 0 Å². The van der Waals surface area contributed by atoms with Gasteiger partial charge in [-0.05, 0) is 45.2 Å². The summed E-state index contributed by atoms with van der Waals surface area (Å²) in [5.41, 5.74) is 3.89. The predicted molar refractivity (Wildman–Crippen MR) is 86.5 cm³/mol. The van der Waals surface area contributed by atoms with Crippen molar-refractivity contribution in [3.63, 3.8) is 0 Å². The molecule has 0 aliphatic heterocycles. The molecule has 0 saturated carbocycles. The number of pyridine rings is 1. The molecule has 1 N–H and O–H groups in total. The highest BCUT2D eigenvalue weighted by Crippen LogP contribution is 2.22. The molecule has 0 unspecified atom stereocenters. The topological polar surface area (TPSA) is 71.8 Å². The summed E-state index contributed by atoms with van der Waals surface area (Å²) >= 11 is 2.29. The quantitative estimate of drug-likeness (QED) is 0.536. The lowest BCUT2D eigenvalue weighted by molar-refractivity contribution is 0.881. The van der Waals surface area contributed by atoms with Crippen molar-refractivity contribution in [1.82, 2.24) is 30.0 Å². The lowest BCUT2D eigenvalue weighted by atomic mass is 10.1. The largest absolute Gasteiger partial charge is 0.305 e. The van der Waals surface area contributed by atoms with E-state index in [0.29, 0.717) is 5.82 Å². The van der Waals surface area contributed by atoms with Crippen molar-refractivity contribution >= 4 is 28.2 Å². The van der Waals surface area contributed by atoms with E-state index < -0.39 is 0 Å². The maximum Gasteiger partial charge on any atom is 0.179 e. The minimum absolute atomic E-state index is 0.658. The fraction of sp³-hybridized carbons (Fsp3) is 0. The number of hydrogen-bond acceptors (Lipinski definition) is 4. The van der Waals surface area contributed by atoms with Crippen LogP contribution >= 0.6 is 22.6 Å². The number of hydrogen-bond donors (Lipinski definition) is 1. The molecule has 0 saturated heterocycles. The molecule has 0 aliphatic rings. The van der Waals surface area contributed by atoms with Gasteiger partial charge in [-0.3, -0.25) is 0 Å². The fourth-order valence-electron chi connectivity index (χ4n) is 2.18. The predicted octanol–water partition coefficient (Wildman–Crippen LogP) is 2.79. The SMILES string of the molecule is Ic1ccc2nc(-c3ccc(-c4nnn[nH]4)cc3)cn2c1. The van der Waals surface area contributed by atoms with E-state index in [0.717, 1.165) is 22.5 Å². The maximum absolute atomic E-state index is 4.63. The molecule has 3 heterocycles. The van der Waals surface area contributed by atoms with Crippen molar-refractivity contribution in [2.24, 2.45) is 0 Å². The number of imidazole rings is 1. The van der Waals surface area contributed by atoms with Crippen LogP contribution in [0.4, 0.5) is 0 Å². The van der Waals surface area contributed by atoms with Crippen LogP contribution in [0.5, 0.6) is 0 Å². The Morgan fingerprint density at radius 3 is 2.52 bits per heavy atom. The molecule has 3 aromatic heterocycles. The lowest BCUT2D eigenvalue weighted by Gasteiger charge is -1.98. The molecule has 0 aliphatic carbocycles. The van der Waals surface area contributed by atoms with E-state index in [4.69, 9.17) is 0 Å². The normalized spacial score (nSPS) is 11.1. The fourth-order valence-corrected chi connectivity index (χ4v) is 2.66. The number of fused-ring (bicyclic) bond motifs is 1. The van der Waals surface area contributed by atoms with Crippen LogP contribution in [-0.4, -0.2) is 30.0 Å².